The Kier molecular flexibility index (Phi) is 8.87. The molecule has 0 aromatic heterocycles. The van der Waals surface area contributed by atoms with Gasteiger partial charge in [-0.05, 0) is 25.2 Å². The average molecular weight is 338 g/mol. The van der Waals surface area contributed by atoms with E-state index in [4.69, 9.17) is 4.74 Å². The Bertz CT molecular complexity index is 466. The van der Waals surface area contributed by atoms with Gasteiger partial charge < -0.3 is 4.74 Å². The minimum atomic E-state index is -0.381. The molecule has 0 radical (unpaired) electrons. The molecule has 5 nitrogen and oxygen atoms in total. The summed E-state index contributed by atoms with van der Waals surface area (Å²) in [6.45, 7) is 5.67. The van der Waals surface area contributed by atoms with Gasteiger partial charge in [-0.3, -0.25) is 19.2 Å². The van der Waals surface area contributed by atoms with Crippen LogP contribution in [0.1, 0.15) is 72.1 Å². The van der Waals surface area contributed by atoms with Crippen molar-refractivity contribution in [3.63, 3.8) is 0 Å². The van der Waals surface area contributed by atoms with Crippen molar-refractivity contribution >= 4 is 23.3 Å². The first-order valence-corrected chi connectivity index (χ1v) is 9.02. The highest BCUT2D eigenvalue weighted by atomic mass is 16.5. The minimum Gasteiger partial charge on any atom is -0.466 e. The van der Waals surface area contributed by atoms with Crippen LogP contribution in [0.5, 0.6) is 0 Å². The molecule has 0 spiro atoms. The van der Waals surface area contributed by atoms with Gasteiger partial charge in [0.25, 0.3) is 0 Å². The molecule has 0 aromatic carbocycles. The molecule has 1 saturated carbocycles. The van der Waals surface area contributed by atoms with E-state index in [-0.39, 0.29) is 48.8 Å². The molecule has 0 aromatic rings. The standard InChI is InChI=1S/C19H30O5/c1-13(2)17(21)8-9-19(23)24-11-10-14(3)18(22)7-5-15-4-6-16(20)12-15/h13-15H,4-12H2,1-3H3. The minimum absolute atomic E-state index is 0.0564. The number of ketones is 3. The lowest BCUT2D eigenvalue weighted by molar-refractivity contribution is -0.145. The average Bonchev–Trinajstić information content (AvgIpc) is 2.95. The van der Waals surface area contributed by atoms with E-state index in [1.165, 1.54) is 0 Å². The molecule has 1 rings (SSSR count). The molecule has 0 heterocycles. The summed E-state index contributed by atoms with van der Waals surface area (Å²) in [5.74, 6) is 0.306. The van der Waals surface area contributed by atoms with Gasteiger partial charge in [-0.1, -0.05) is 20.8 Å². The number of hydrogen-bond acceptors (Lipinski definition) is 5. The van der Waals surface area contributed by atoms with Crippen molar-refractivity contribution in [3.8, 4) is 0 Å². The molecule has 0 N–H and O–H groups in total. The van der Waals surface area contributed by atoms with Crippen molar-refractivity contribution in [2.45, 2.75) is 72.1 Å². The van der Waals surface area contributed by atoms with Gasteiger partial charge in [0, 0.05) is 37.5 Å². The quantitative estimate of drug-likeness (QED) is 0.540. The zero-order chi connectivity index (χ0) is 18.1. The molecule has 0 amide bonds. The highest BCUT2D eigenvalue weighted by molar-refractivity contribution is 5.84. The van der Waals surface area contributed by atoms with Gasteiger partial charge in [0.05, 0.1) is 13.0 Å². The Morgan fingerprint density at radius 2 is 1.79 bits per heavy atom. The highest BCUT2D eigenvalue weighted by Crippen LogP contribution is 2.26. The molecule has 0 bridgehead atoms. The number of rotatable bonds is 11. The van der Waals surface area contributed by atoms with Gasteiger partial charge in [-0.25, -0.2) is 0 Å². The molecule has 5 heteroatoms. The van der Waals surface area contributed by atoms with E-state index in [2.05, 4.69) is 0 Å². The van der Waals surface area contributed by atoms with E-state index in [9.17, 15) is 19.2 Å². The largest absolute Gasteiger partial charge is 0.466 e. The molecular formula is C19H30O5. The number of Topliss-reactive ketones (excluding diaryl/α,β-unsaturated/α-hetero) is 3. The molecule has 24 heavy (non-hydrogen) atoms. The Labute approximate surface area is 144 Å². The zero-order valence-corrected chi connectivity index (χ0v) is 15.1. The Balaban J connectivity index is 2.12. The molecule has 0 aliphatic heterocycles. The fourth-order valence-electron chi connectivity index (χ4n) is 2.83. The van der Waals surface area contributed by atoms with Crippen LogP contribution >= 0.6 is 0 Å². The van der Waals surface area contributed by atoms with Gasteiger partial charge in [0.2, 0.25) is 0 Å². The Morgan fingerprint density at radius 1 is 1.08 bits per heavy atom. The third-order valence-corrected chi connectivity index (χ3v) is 4.73. The highest BCUT2D eigenvalue weighted by Gasteiger charge is 2.23. The van der Waals surface area contributed by atoms with Gasteiger partial charge >= 0.3 is 5.97 Å². The summed E-state index contributed by atoms with van der Waals surface area (Å²) in [4.78, 5) is 46.3. The third kappa shape index (κ3) is 7.84. The number of hydrogen-bond donors (Lipinski definition) is 0. The van der Waals surface area contributed by atoms with Crippen molar-refractivity contribution in [1.29, 1.82) is 0 Å². The van der Waals surface area contributed by atoms with Crippen LogP contribution in [-0.2, 0) is 23.9 Å². The van der Waals surface area contributed by atoms with Gasteiger partial charge in [0.15, 0.2) is 0 Å². The first-order valence-electron chi connectivity index (χ1n) is 9.02. The van der Waals surface area contributed by atoms with Crippen molar-refractivity contribution in [1.82, 2.24) is 0 Å². The van der Waals surface area contributed by atoms with Gasteiger partial charge in [-0.15, -0.1) is 0 Å². The maximum absolute atomic E-state index is 12.1. The second-order valence-corrected chi connectivity index (χ2v) is 7.18. The monoisotopic (exact) mass is 338 g/mol. The molecule has 2 unspecified atom stereocenters. The lowest BCUT2D eigenvalue weighted by Gasteiger charge is -2.12. The molecule has 2 atom stereocenters. The summed E-state index contributed by atoms with van der Waals surface area (Å²) in [6, 6.07) is 0. The van der Waals surface area contributed by atoms with Crippen LogP contribution < -0.4 is 0 Å². The zero-order valence-electron chi connectivity index (χ0n) is 15.1. The first-order chi connectivity index (χ1) is 11.3. The summed E-state index contributed by atoms with van der Waals surface area (Å²) in [6.07, 6.45) is 4.29. The molecule has 136 valence electrons. The van der Waals surface area contributed by atoms with E-state index < -0.39 is 0 Å². The maximum atomic E-state index is 12.1. The lowest BCUT2D eigenvalue weighted by Crippen LogP contribution is -2.17. The van der Waals surface area contributed by atoms with Crippen LogP contribution in [0.25, 0.3) is 0 Å². The number of carbonyl (C=O) groups is 4. The van der Waals surface area contributed by atoms with E-state index in [0.717, 1.165) is 12.8 Å². The summed E-state index contributed by atoms with van der Waals surface area (Å²) in [5, 5.41) is 0. The molecule has 1 aliphatic rings. The van der Waals surface area contributed by atoms with Crippen LogP contribution in [0.15, 0.2) is 0 Å². The van der Waals surface area contributed by atoms with Crippen LogP contribution in [-0.4, -0.2) is 29.9 Å². The van der Waals surface area contributed by atoms with Crippen molar-refractivity contribution in [2.75, 3.05) is 6.61 Å². The Morgan fingerprint density at radius 3 is 2.38 bits per heavy atom. The second-order valence-electron chi connectivity index (χ2n) is 7.18. The number of carbonyl (C=O) groups excluding carboxylic acids is 4. The SMILES string of the molecule is CC(C)C(=O)CCC(=O)OCCC(C)C(=O)CCC1CCC(=O)C1. The molecular weight excluding hydrogens is 308 g/mol. The van der Waals surface area contributed by atoms with Gasteiger partial charge in [0.1, 0.15) is 17.3 Å². The van der Waals surface area contributed by atoms with Crippen LogP contribution in [0.3, 0.4) is 0 Å². The number of esters is 1. The predicted octanol–water partition coefficient (Wildman–Crippen LogP) is 3.28. The fraction of sp³-hybridized carbons (Fsp3) is 0.789. The van der Waals surface area contributed by atoms with Gasteiger partial charge in [-0.2, -0.15) is 0 Å². The lowest BCUT2D eigenvalue weighted by atomic mass is 9.94. The fourth-order valence-corrected chi connectivity index (χ4v) is 2.83. The summed E-state index contributed by atoms with van der Waals surface area (Å²) >= 11 is 0. The van der Waals surface area contributed by atoms with Crippen LogP contribution in [0.2, 0.25) is 0 Å². The molecule has 1 fully saturated rings. The van der Waals surface area contributed by atoms with E-state index in [1.807, 2.05) is 20.8 Å². The van der Waals surface area contributed by atoms with Crippen molar-refractivity contribution in [3.05, 3.63) is 0 Å². The number of ether oxygens (including phenoxy) is 1. The van der Waals surface area contributed by atoms with Crippen molar-refractivity contribution < 1.29 is 23.9 Å². The van der Waals surface area contributed by atoms with Crippen LogP contribution in [0.4, 0.5) is 0 Å². The van der Waals surface area contributed by atoms with Crippen molar-refractivity contribution in [2.24, 2.45) is 17.8 Å². The predicted molar refractivity (Wildman–Crippen MR) is 90.4 cm³/mol. The van der Waals surface area contributed by atoms with E-state index >= 15 is 0 Å². The summed E-state index contributed by atoms with van der Waals surface area (Å²) < 4.78 is 5.10. The van der Waals surface area contributed by atoms with Crippen LogP contribution in [0, 0.1) is 17.8 Å². The summed E-state index contributed by atoms with van der Waals surface area (Å²) in [7, 11) is 0. The summed E-state index contributed by atoms with van der Waals surface area (Å²) in [5.41, 5.74) is 0. The maximum Gasteiger partial charge on any atom is 0.306 e. The third-order valence-electron chi connectivity index (χ3n) is 4.73. The Hall–Kier alpha value is -1.52. The topological polar surface area (TPSA) is 77.5 Å². The second kappa shape index (κ2) is 10.4. The smallest absolute Gasteiger partial charge is 0.306 e. The first kappa shape index (κ1) is 20.5. The van der Waals surface area contributed by atoms with E-state index in [0.29, 0.717) is 37.4 Å². The molecule has 0 saturated heterocycles. The molecule has 1 aliphatic carbocycles. The normalized spacial score (nSPS) is 18.7. The van der Waals surface area contributed by atoms with E-state index in [1.54, 1.807) is 0 Å².